The average Bonchev–Trinajstić information content (AvgIpc) is 3.40. The zero-order chi connectivity index (χ0) is 55.3. The van der Waals surface area contributed by atoms with E-state index in [1.54, 1.807) is 0 Å². The maximum absolute atomic E-state index is 13.0. The number of rotatable bonds is 48. The summed E-state index contributed by atoms with van der Waals surface area (Å²) in [6.45, 7) is 3.68. The normalized spacial score (nSPS) is 19.7. The Hall–Kier alpha value is -4.02. The fourth-order valence-corrected chi connectivity index (χ4v) is 8.25. The van der Waals surface area contributed by atoms with Crippen molar-refractivity contribution in [2.24, 2.45) is 0 Å². The van der Waals surface area contributed by atoms with Crippen LogP contribution in [0, 0.1) is 0 Å². The van der Waals surface area contributed by atoms with Gasteiger partial charge in [-0.05, 0) is 116 Å². The summed E-state index contributed by atoms with van der Waals surface area (Å²) in [5, 5.41) is 30.9. The molecule has 1 rings (SSSR count). The molecule has 0 spiro atoms. The molecule has 1 fully saturated rings. The zero-order valence-electron chi connectivity index (χ0n) is 46.5. The average molecular weight is 1080 g/mol. The lowest BCUT2D eigenvalue weighted by molar-refractivity contribution is -0.301. The number of unbranched alkanes of at least 4 members (excludes halogenated alkanes) is 11. The van der Waals surface area contributed by atoms with Crippen molar-refractivity contribution in [2.45, 2.75) is 218 Å². The molecule has 1 saturated heterocycles. The number of carbonyl (C=O) groups excluding carboxylic acids is 1. The summed E-state index contributed by atoms with van der Waals surface area (Å²) in [7, 11) is -5.08. The number of hydrogen-bond donors (Lipinski definition) is 4. The summed E-state index contributed by atoms with van der Waals surface area (Å²) in [6.07, 6.45) is 68.7. The number of esters is 1. The van der Waals surface area contributed by atoms with Gasteiger partial charge in [0.1, 0.15) is 30.5 Å². The molecule has 6 atom stereocenters. The van der Waals surface area contributed by atoms with Gasteiger partial charge in [-0.25, -0.2) is 4.18 Å². The van der Waals surface area contributed by atoms with Crippen molar-refractivity contribution in [1.82, 2.24) is 0 Å². The molecule has 76 heavy (non-hydrogen) atoms. The van der Waals surface area contributed by atoms with Gasteiger partial charge < -0.3 is 34.3 Å². The van der Waals surface area contributed by atoms with Gasteiger partial charge >= 0.3 is 16.4 Å². The second-order valence-electron chi connectivity index (χ2n) is 18.8. The molecule has 0 aromatic rings. The number of hydrogen-bond acceptors (Lipinski definition) is 11. The first-order chi connectivity index (χ1) is 37.1. The van der Waals surface area contributed by atoms with Gasteiger partial charge in [0.2, 0.25) is 0 Å². The molecule has 0 saturated carbocycles. The third-order valence-electron chi connectivity index (χ3n) is 12.0. The molecule has 12 nitrogen and oxygen atoms in total. The van der Waals surface area contributed by atoms with Crippen molar-refractivity contribution in [2.75, 3.05) is 26.4 Å². The molecule has 1 aliphatic heterocycles. The highest BCUT2D eigenvalue weighted by molar-refractivity contribution is 7.80. The van der Waals surface area contributed by atoms with Crippen LogP contribution in [0.4, 0.5) is 0 Å². The van der Waals surface area contributed by atoms with Crippen LogP contribution in [0.25, 0.3) is 0 Å². The van der Waals surface area contributed by atoms with Crippen LogP contribution in [0.2, 0.25) is 0 Å². The molecule has 430 valence electrons. The van der Waals surface area contributed by atoms with E-state index in [0.29, 0.717) is 13.0 Å². The largest absolute Gasteiger partial charge is 0.457 e. The van der Waals surface area contributed by atoms with E-state index in [4.69, 9.17) is 18.9 Å². The maximum Gasteiger partial charge on any atom is 0.397 e. The van der Waals surface area contributed by atoms with Gasteiger partial charge in [0.25, 0.3) is 0 Å². The summed E-state index contributed by atoms with van der Waals surface area (Å²) in [4.78, 5) is 13.0. The van der Waals surface area contributed by atoms with Gasteiger partial charge in [-0.15, -0.1) is 0 Å². The number of aliphatic hydroxyl groups is 3. The van der Waals surface area contributed by atoms with Crippen LogP contribution in [-0.4, -0.2) is 97.5 Å². The Bertz CT molecular complexity index is 1870. The molecular weight excluding hydrogens is 981 g/mol. The number of carbonyl (C=O) groups is 1. The summed E-state index contributed by atoms with van der Waals surface area (Å²) in [6, 6.07) is 0. The molecule has 0 radical (unpaired) electrons. The second-order valence-corrected chi connectivity index (χ2v) is 19.8. The highest BCUT2D eigenvalue weighted by atomic mass is 32.3. The second kappa shape index (κ2) is 51.7. The van der Waals surface area contributed by atoms with Crippen LogP contribution in [0.15, 0.2) is 146 Å². The molecule has 0 amide bonds. The van der Waals surface area contributed by atoms with Gasteiger partial charge in [0, 0.05) is 13.0 Å². The van der Waals surface area contributed by atoms with E-state index in [1.807, 2.05) is 0 Å². The van der Waals surface area contributed by atoms with Crippen LogP contribution in [0.5, 0.6) is 0 Å². The van der Waals surface area contributed by atoms with Gasteiger partial charge in [-0.1, -0.05) is 205 Å². The third-order valence-corrected chi connectivity index (χ3v) is 12.4. The standard InChI is InChI=1S/C63H100O12S/c1-3-5-7-9-11-13-15-17-19-21-23-25-27-29-30-32-34-36-38-40-42-44-46-48-50-52-59(65)73-57(56-72-63-61(67)62(75-76(68,69)70)60(66)58(54-64)74-63)55-71-53-51-49-47-45-43-41-39-37-35-33-31-28-26-24-22-20-18-16-14-12-10-8-6-4-2/h5-8,11-14,17-20,23-26,29-31,33-34,36-37,39,57-58,60-64,66-67H,3-4,9-10,15-16,21-22,27-28,32,35,38,40-56H2,1-2H3,(H,68,69,70)/b7-5-,8-6-,13-11-,14-12-,19-17-,20-18-,25-23-,26-24-,30-29-,33-31-,36-34-,39-37-. The lowest BCUT2D eigenvalue weighted by atomic mass is 9.99. The van der Waals surface area contributed by atoms with Crippen LogP contribution >= 0.6 is 0 Å². The van der Waals surface area contributed by atoms with Gasteiger partial charge in [-0.3, -0.25) is 9.35 Å². The lowest BCUT2D eigenvalue weighted by Gasteiger charge is -2.41. The minimum Gasteiger partial charge on any atom is -0.457 e. The highest BCUT2D eigenvalue weighted by Crippen LogP contribution is 2.26. The Labute approximate surface area is 460 Å². The van der Waals surface area contributed by atoms with E-state index >= 15 is 0 Å². The zero-order valence-corrected chi connectivity index (χ0v) is 47.3. The maximum atomic E-state index is 13.0. The molecule has 4 N–H and O–H groups in total. The lowest BCUT2D eigenvalue weighted by Crippen LogP contribution is -2.60. The monoisotopic (exact) mass is 1080 g/mol. The van der Waals surface area contributed by atoms with Crippen LogP contribution in [0.3, 0.4) is 0 Å². The summed E-state index contributed by atoms with van der Waals surface area (Å²) in [5.41, 5.74) is 0. The molecule has 6 unspecified atom stereocenters. The van der Waals surface area contributed by atoms with Crippen LogP contribution in [-0.2, 0) is 38.3 Å². The predicted molar refractivity (Wildman–Crippen MR) is 312 cm³/mol. The van der Waals surface area contributed by atoms with Crippen LogP contribution < -0.4 is 0 Å². The van der Waals surface area contributed by atoms with E-state index < -0.39 is 59.8 Å². The van der Waals surface area contributed by atoms with Crippen molar-refractivity contribution in [1.29, 1.82) is 0 Å². The molecule has 13 heteroatoms. The molecule has 0 aliphatic carbocycles. The van der Waals surface area contributed by atoms with E-state index in [0.717, 1.165) is 154 Å². The van der Waals surface area contributed by atoms with Crippen molar-refractivity contribution in [3.8, 4) is 0 Å². The molecule has 0 aromatic heterocycles. The Morgan fingerprint density at radius 3 is 1.26 bits per heavy atom. The fourth-order valence-electron chi connectivity index (χ4n) is 7.74. The SMILES string of the molecule is CC/C=C\C/C=C\C/C=C\C/C=C\C/C=C\C/C=C\CCCCCCCCC(=O)OC(COCCCCCCC/C=C\C/C=C\C/C=C\C/C=C\C/C=C\C/C=C\CC)COC1OC(CO)C(O)C(OS(=O)(=O)O)C1O. The fraction of sp³-hybridized carbons (Fsp3) is 0.603. The van der Waals surface area contributed by atoms with Crippen LogP contribution in [0.1, 0.15) is 181 Å². The molecule has 0 aromatic carbocycles. The molecule has 1 aliphatic rings. The summed E-state index contributed by atoms with van der Waals surface area (Å²) in [5.74, 6) is -0.428. The first kappa shape index (κ1) is 70.0. The van der Waals surface area contributed by atoms with E-state index in [2.05, 4.69) is 164 Å². The molecule has 1 heterocycles. The quantitative estimate of drug-likeness (QED) is 0.0196. The van der Waals surface area contributed by atoms with E-state index in [9.17, 15) is 33.1 Å². The third kappa shape index (κ3) is 44.0. The number of allylic oxidation sites excluding steroid dienone is 24. The first-order valence-electron chi connectivity index (χ1n) is 28.6. The van der Waals surface area contributed by atoms with Crippen molar-refractivity contribution < 1.29 is 56.2 Å². The number of aliphatic hydroxyl groups excluding tert-OH is 3. The van der Waals surface area contributed by atoms with Gasteiger partial charge in [0.05, 0.1) is 19.8 Å². The molecular formula is C63H100O12S. The Kier molecular flexibility index (Phi) is 47.6. The summed E-state index contributed by atoms with van der Waals surface area (Å²) >= 11 is 0. The minimum atomic E-state index is -5.08. The Balaban J connectivity index is 2.37. The smallest absolute Gasteiger partial charge is 0.397 e. The topological polar surface area (TPSA) is 178 Å². The van der Waals surface area contributed by atoms with E-state index in [1.165, 1.54) is 0 Å². The van der Waals surface area contributed by atoms with Crippen molar-refractivity contribution in [3.05, 3.63) is 146 Å². The Morgan fingerprint density at radius 2 is 0.868 bits per heavy atom. The highest BCUT2D eigenvalue weighted by Gasteiger charge is 2.48. The summed E-state index contributed by atoms with van der Waals surface area (Å²) < 4.78 is 59.4. The Morgan fingerprint density at radius 1 is 0.500 bits per heavy atom. The first-order valence-corrected chi connectivity index (χ1v) is 30.0. The molecule has 0 bridgehead atoms. The van der Waals surface area contributed by atoms with Gasteiger partial charge in [0.15, 0.2) is 6.29 Å². The van der Waals surface area contributed by atoms with Crippen molar-refractivity contribution >= 4 is 16.4 Å². The van der Waals surface area contributed by atoms with Crippen molar-refractivity contribution in [3.63, 3.8) is 0 Å². The van der Waals surface area contributed by atoms with E-state index in [-0.39, 0.29) is 19.6 Å². The van der Waals surface area contributed by atoms with Gasteiger partial charge in [-0.2, -0.15) is 8.42 Å². The number of ether oxygens (including phenoxy) is 4. The minimum absolute atomic E-state index is 0.00497. The predicted octanol–water partition coefficient (Wildman–Crippen LogP) is 14.4.